The van der Waals surface area contributed by atoms with E-state index in [1.807, 2.05) is 37.3 Å². The van der Waals surface area contributed by atoms with E-state index in [0.29, 0.717) is 6.61 Å². The van der Waals surface area contributed by atoms with Crippen molar-refractivity contribution in [2.45, 2.75) is 110 Å². The second-order valence-corrected chi connectivity index (χ2v) is 10.8. The fraction of sp³-hybridized carbons (Fsp3) is 0.571. The van der Waals surface area contributed by atoms with Gasteiger partial charge >= 0.3 is 5.97 Å². The summed E-state index contributed by atoms with van der Waals surface area (Å²) in [5.74, 6) is 7.91. The molecule has 3 rings (SSSR count). The minimum absolute atomic E-state index is 0.00159. The normalized spacial score (nSPS) is 15.0. The number of esters is 1. The van der Waals surface area contributed by atoms with E-state index in [0.717, 1.165) is 68.6 Å². The Kier molecular flexibility index (Phi) is 13.8. The van der Waals surface area contributed by atoms with Crippen LogP contribution in [0.5, 0.6) is 11.5 Å². The topological polar surface area (TPSA) is 44.8 Å². The zero-order valence-electron chi connectivity index (χ0n) is 24.4. The Bertz CT molecular complexity index is 1050. The van der Waals surface area contributed by atoms with Gasteiger partial charge in [0.25, 0.3) is 0 Å². The van der Waals surface area contributed by atoms with Gasteiger partial charge in [-0.3, -0.25) is 4.79 Å². The molecular formula is C35H48O4. The lowest BCUT2D eigenvalue weighted by Crippen LogP contribution is -2.27. The van der Waals surface area contributed by atoms with Crippen molar-refractivity contribution >= 4 is 5.97 Å². The third-order valence-corrected chi connectivity index (χ3v) is 7.44. The van der Waals surface area contributed by atoms with Gasteiger partial charge in [-0.25, -0.2) is 0 Å². The molecule has 0 saturated heterocycles. The molecule has 0 radical (unpaired) electrons. The Morgan fingerprint density at radius 2 is 1.59 bits per heavy atom. The van der Waals surface area contributed by atoms with Crippen molar-refractivity contribution in [3.8, 4) is 23.3 Å². The van der Waals surface area contributed by atoms with Gasteiger partial charge in [-0.05, 0) is 86.6 Å². The number of hydrogen-bond acceptors (Lipinski definition) is 4. The first-order chi connectivity index (χ1) is 19.1. The fourth-order valence-electron chi connectivity index (χ4n) is 5.01. The number of carbonyl (C=O) groups is 1. The van der Waals surface area contributed by atoms with Crippen LogP contribution in [0.2, 0.25) is 0 Å². The van der Waals surface area contributed by atoms with Crippen molar-refractivity contribution < 1.29 is 19.0 Å². The van der Waals surface area contributed by atoms with E-state index in [9.17, 15) is 4.79 Å². The van der Waals surface area contributed by atoms with Crippen molar-refractivity contribution in [1.82, 2.24) is 0 Å². The van der Waals surface area contributed by atoms with Crippen LogP contribution in [0.25, 0.3) is 0 Å². The first-order valence-electron chi connectivity index (χ1n) is 15.3. The van der Waals surface area contributed by atoms with Gasteiger partial charge in [-0.2, -0.15) is 0 Å². The minimum atomic E-state index is -0.0485. The molecule has 2 aromatic rings. The van der Waals surface area contributed by atoms with E-state index < -0.39 is 0 Å². The summed E-state index contributed by atoms with van der Waals surface area (Å²) in [5, 5.41) is 0. The van der Waals surface area contributed by atoms with E-state index in [2.05, 4.69) is 37.8 Å². The van der Waals surface area contributed by atoms with Crippen LogP contribution in [0.1, 0.15) is 108 Å². The highest BCUT2D eigenvalue weighted by molar-refractivity contribution is 5.73. The largest absolute Gasteiger partial charge is 0.494 e. The van der Waals surface area contributed by atoms with Crippen LogP contribution in [0, 0.1) is 17.8 Å². The molecular weight excluding hydrogens is 484 g/mol. The van der Waals surface area contributed by atoms with Crippen molar-refractivity contribution in [2.24, 2.45) is 5.92 Å². The molecule has 0 saturated carbocycles. The summed E-state index contributed by atoms with van der Waals surface area (Å²) in [6.45, 7) is 7.52. The quantitative estimate of drug-likeness (QED) is 0.124. The third kappa shape index (κ3) is 11.4. The molecule has 1 unspecified atom stereocenters. The van der Waals surface area contributed by atoms with Crippen LogP contribution in [0.15, 0.2) is 42.5 Å². The van der Waals surface area contributed by atoms with Crippen LogP contribution in [-0.4, -0.2) is 25.3 Å². The molecule has 0 bridgehead atoms. The van der Waals surface area contributed by atoms with Gasteiger partial charge in [0.05, 0.1) is 18.6 Å². The number of unbranched alkanes of at least 4 members (excludes halogenated alkanes) is 7. The van der Waals surface area contributed by atoms with Crippen LogP contribution >= 0.6 is 0 Å². The maximum Gasteiger partial charge on any atom is 0.309 e. The number of rotatable bonds is 16. The Balaban J connectivity index is 1.36. The number of aryl methyl sites for hydroxylation is 1. The fourth-order valence-corrected chi connectivity index (χ4v) is 5.01. The standard InChI is InChI=1S/C35H48O4/c1-4-6-8-9-10-11-12-24-37-33-21-16-29(17-22-33)15-13-25-38-34-23-20-30-26-32(19-18-31(30)27-34)35(36)39-28(3)14-7-5-2/h16-17,20-23,27-28,32H,4-12,14,18-19,24-26H2,1-3H3/t28-,32?/m1/s1. The van der Waals surface area contributed by atoms with Gasteiger partial charge in [-0.15, -0.1) is 0 Å². The lowest BCUT2D eigenvalue weighted by Gasteiger charge is -2.25. The third-order valence-electron chi connectivity index (χ3n) is 7.44. The van der Waals surface area contributed by atoms with Crippen molar-refractivity contribution in [1.29, 1.82) is 0 Å². The Morgan fingerprint density at radius 3 is 2.36 bits per heavy atom. The van der Waals surface area contributed by atoms with Crippen LogP contribution in [0.4, 0.5) is 0 Å². The van der Waals surface area contributed by atoms with Gasteiger partial charge in [0.15, 0.2) is 0 Å². The molecule has 1 aliphatic carbocycles. The summed E-state index contributed by atoms with van der Waals surface area (Å²) < 4.78 is 17.5. The average molecular weight is 533 g/mol. The van der Waals surface area contributed by atoms with Crippen molar-refractivity contribution in [3.05, 3.63) is 59.2 Å². The van der Waals surface area contributed by atoms with Crippen LogP contribution < -0.4 is 9.47 Å². The summed E-state index contributed by atoms with van der Waals surface area (Å²) in [7, 11) is 0. The average Bonchev–Trinajstić information content (AvgIpc) is 2.96. The van der Waals surface area contributed by atoms with Crippen molar-refractivity contribution in [3.63, 3.8) is 0 Å². The van der Waals surface area contributed by atoms with Crippen molar-refractivity contribution in [2.75, 3.05) is 13.2 Å². The molecule has 4 heteroatoms. The Hall–Kier alpha value is -2.93. The zero-order chi connectivity index (χ0) is 27.7. The van der Waals surface area contributed by atoms with E-state index >= 15 is 0 Å². The van der Waals surface area contributed by atoms with Gasteiger partial charge < -0.3 is 14.2 Å². The summed E-state index contributed by atoms with van der Waals surface area (Å²) in [4.78, 5) is 12.6. The number of hydrogen-bond donors (Lipinski definition) is 0. The molecule has 1 aliphatic rings. The molecule has 0 spiro atoms. The number of ether oxygens (including phenoxy) is 3. The molecule has 2 aromatic carbocycles. The molecule has 39 heavy (non-hydrogen) atoms. The monoisotopic (exact) mass is 532 g/mol. The SMILES string of the molecule is CCCCCCCCCOc1ccc(C#CCOc2ccc3c(c2)CCC(C(=O)O[C@H](C)CCCC)C3)cc1. The van der Waals surface area contributed by atoms with E-state index in [1.54, 1.807) is 0 Å². The molecule has 0 amide bonds. The van der Waals surface area contributed by atoms with Crippen LogP contribution in [-0.2, 0) is 22.4 Å². The highest BCUT2D eigenvalue weighted by Crippen LogP contribution is 2.30. The highest BCUT2D eigenvalue weighted by Gasteiger charge is 2.27. The minimum Gasteiger partial charge on any atom is -0.494 e. The highest BCUT2D eigenvalue weighted by atomic mass is 16.5. The lowest BCUT2D eigenvalue weighted by molar-refractivity contribution is -0.154. The molecule has 4 nitrogen and oxygen atoms in total. The molecule has 0 aliphatic heterocycles. The van der Waals surface area contributed by atoms with E-state index in [1.165, 1.54) is 49.7 Å². The molecule has 212 valence electrons. The van der Waals surface area contributed by atoms with Crippen LogP contribution in [0.3, 0.4) is 0 Å². The van der Waals surface area contributed by atoms with E-state index in [-0.39, 0.29) is 18.0 Å². The van der Waals surface area contributed by atoms with Gasteiger partial charge in [-0.1, -0.05) is 83.1 Å². The van der Waals surface area contributed by atoms with E-state index in [4.69, 9.17) is 14.2 Å². The zero-order valence-corrected chi connectivity index (χ0v) is 24.4. The molecule has 0 aromatic heterocycles. The maximum absolute atomic E-state index is 12.6. The number of fused-ring (bicyclic) bond motifs is 1. The second-order valence-electron chi connectivity index (χ2n) is 10.8. The number of benzene rings is 2. The smallest absolute Gasteiger partial charge is 0.309 e. The predicted molar refractivity (Wildman–Crippen MR) is 159 cm³/mol. The summed E-state index contributed by atoms with van der Waals surface area (Å²) in [6.07, 6.45) is 14.6. The second kappa shape index (κ2) is 17.6. The number of carbonyl (C=O) groups excluding carboxylic acids is 1. The molecule has 0 fully saturated rings. The molecule has 0 heterocycles. The Labute approximate surface area is 236 Å². The lowest BCUT2D eigenvalue weighted by atomic mass is 9.84. The summed E-state index contributed by atoms with van der Waals surface area (Å²) in [5.41, 5.74) is 3.43. The molecule has 2 atom stereocenters. The van der Waals surface area contributed by atoms with Gasteiger partial charge in [0, 0.05) is 5.56 Å². The summed E-state index contributed by atoms with van der Waals surface area (Å²) in [6, 6.07) is 14.1. The van der Waals surface area contributed by atoms with Gasteiger partial charge in [0.2, 0.25) is 0 Å². The molecule has 0 N–H and O–H groups in total. The maximum atomic E-state index is 12.6. The first kappa shape index (κ1) is 30.6. The Morgan fingerprint density at radius 1 is 0.872 bits per heavy atom. The predicted octanol–water partition coefficient (Wildman–Crippen LogP) is 8.47. The summed E-state index contributed by atoms with van der Waals surface area (Å²) >= 11 is 0. The van der Waals surface area contributed by atoms with Gasteiger partial charge in [0.1, 0.15) is 18.1 Å². The first-order valence-corrected chi connectivity index (χ1v) is 15.3.